The molecule has 1 aromatic heterocycles. The molecule has 4 heteroatoms. The molecule has 0 aliphatic rings. The van der Waals surface area contributed by atoms with Crippen molar-refractivity contribution in [2.45, 2.75) is 26.8 Å². The number of rotatable bonds is 4. The molecule has 0 fully saturated rings. The summed E-state index contributed by atoms with van der Waals surface area (Å²) in [6, 6.07) is 6.61. The van der Waals surface area contributed by atoms with E-state index in [1.165, 1.54) is 5.56 Å². The molecule has 1 N–H and O–H groups in total. The van der Waals surface area contributed by atoms with Gasteiger partial charge >= 0.3 is 5.69 Å². The van der Waals surface area contributed by atoms with E-state index < -0.39 is 0 Å². The van der Waals surface area contributed by atoms with Crippen LogP contribution < -0.4 is 11.0 Å². The Morgan fingerprint density at radius 2 is 1.79 bits per heavy atom. The van der Waals surface area contributed by atoms with Gasteiger partial charge in [0.05, 0.1) is 11.0 Å². The molecule has 2 rings (SSSR count). The first-order valence-electron chi connectivity index (χ1n) is 6.86. The summed E-state index contributed by atoms with van der Waals surface area (Å²) >= 11 is 0. The summed E-state index contributed by atoms with van der Waals surface area (Å²) in [7, 11) is 3.64. The van der Waals surface area contributed by atoms with Gasteiger partial charge in [-0.05, 0) is 30.2 Å². The van der Waals surface area contributed by atoms with Gasteiger partial charge in [0.25, 0.3) is 0 Å². The van der Waals surface area contributed by atoms with Crippen molar-refractivity contribution in [3.8, 4) is 0 Å². The van der Waals surface area contributed by atoms with Crippen LogP contribution in [0.15, 0.2) is 23.0 Å². The lowest BCUT2D eigenvalue weighted by atomic mass is 9.95. The zero-order valence-electron chi connectivity index (χ0n) is 12.4. The van der Waals surface area contributed by atoms with Crippen molar-refractivity contribution < 1.29 is 0 Å². The fraction of sp³-hybridized carbons (Fsp3) is 0.533. The van der Waals surface area contributed by atoms with E-state index in [1.54, 1.807) is 9.13 Å². The molecule has 0 spiro atoms. The maximum atomic E-state index is 11.9. The highest BCUT2D eigenvalue weighted by molar-refractivity contribution is 5.77. The van der Waals surface area contributed by atoms with Crippen LogP contribution in [0.4, 0.5) is 0 Å². The second-order valence-electron chi connectivity index (χ2n) is 5.43. The lowest BCUT2D eigenvalue weighted by molar-refractivity contribution is 0.422. The smallest absolute Gasteiger partial charge is 0.310 e. The van der Waals surface area contributed by atoms with Gasteiger partial charge in [0.1, 0.15) is 0 Å². The monoisotopic (exact) mass is 261 g/mol. The number of imidazole rings is 1. The average molecular weight is 261 g/mol. The third-order valence-electron chi connectivity index (χ3n) is 3.75. The van der Waals surface area contributed by atoms with E-state index in [9.17, 15) is 4.79 Å². The average Bonchev–Trinajstić information content (AvgIpc) is 2.60. The number of hydrogen-bond donors (Lipinski definition) is 1. The molecule has 19 heavy (non-hydrogen) atoms. The highest BCUT2D eigenvalue weighted by Gasteiger charge is 2.16. The standard InChI is InChI=1S/C15H23N3O/c1-6-16-14(10(2)3)11-7-8-12-13(9-11)18(5)15(19)17(12)4/h7-10,14,16H,6H2,1-5H3. The minimum Gasteiger partial charge on any atom is -0.310 e. The van der Waals surface area contributed by atoms with E-state index in [0.29, 0.717) is 12.0 Å². The summed E-state index contributed by atoms with van der Waals surface area (Å²) in [5, 5.41) is 3.51. The minimum atomic E-state index is 0.0247. The van der Waals surface area contributed by atoms with Crippen molar-refractivity contribution in [3.05, 3.63) is 34.2 Å². The summed E-state index contributed by atoms with van der Waals surface area (Å²) in [5.41, 5.74) is 3.24. The first kappa shape index (κ1) is 13.9. The number of hydrogen-bond acceptors (Lipinski definition) is 2. The van der Waals surface area contributed by atoms with Crippen molar-refractivity contribution in [3.63, 3.8) is 0 Å². The van der Waals surface area contributed by atoms with Crippen LogP contribution in [0, 0.1) is 5.92 Å². The van der Waals surface area contributed by atoms with E-state index in [1.807, 2.05) is 20.2 Å². The maximum absolute atomic E-state index is 11.9. The van der Waals surface area contributed by atoms with Gasteiger partial charge < -0.3 is 5.32 Å². The fourth-order valence-corrected chi connectivity index (χ4v) is 2.68. The summed E-state index contributed by atoms with van der Waals surface area (Å²) in [5.74, 6) is 0.512. The Morgan fingerprint density at radius 1 is 1.16 bits per heavy atom. The van der Waals surface area contributed by atoms with Crippen molar-refractivity contribution in [1.29, 1.82) is 0 Å². The molecule has 0 amide bonds. The molecule has 0 aliphatic heterocycles. The van der Waals surface area contributed by atoms with Gasteiger partial charge in [0.2, 0.25) is 0 Å². The van der Waals surface area contributed by atoms with Crippen molar-refractivity contribution in [1.82, 2.24) is 14.5 Å². The molecule has 1 unspecified atom stereocenters. The fourth-order valence-electron chi connectivity index (χ4n) is 2.68. The maximum Gasteiger partial charge on any atom is 0.328 e. The molecule has 2 aromatic rings. The van der Waals surface area contributed by atoms with Gasteiger partial charge in [-0.3, -0.25) is 9.13 Å². The Morgan fingerprint density at radius 3 is 2.37 bits per heavy atom. The number of aromatic nitrogens is 2. The molecular weight excluding hydrogens is 238 g/mol. The molecular formula is C15H23N3O. The molecule has 0 bridgehead atoms. The van der Waals surface area contributed by atoms with Crippen LogP contribution in [-0.4, -0.2) is 15.7 Å². The number of fused-ring (bicyclic) bond motifs is 1. The normalized spacial score (nSPS) is 13.4. The summed E-state index contributed by atoms with van der Waals surface area (Å²) in [6.45, 7) is 7.48. The first-order valence-corrected chi connectivity index (χ1v) is 6.86. The van der Waals surface area contributed by atoms with E-state index in [4.69, 9.17) is 0 Å². The lowest BCUT2D eigenvalue weighted by Gasteiger charge is -2.22. The van der Waals surface area contributed by atoms with Gasteiger partial charge in [0.15, 0.2) is 0 Å². The Bertz CT molecular complexity index is 637. The van der Waals surface area contributed by atoms with Gasteiger partial charge in [-0.1, -0.05) is 26.8 Å². The highest BCUT2D eigenvalue weighted by atomic mass is 16.1. The van der Waals surface area contributed by atoms with Crippen LogP contribution in [-0.2, 0) is 14.1 Å². The first-order chi connectivity index (χ1) is 8.97. The number of benzene rings is 1. The van der Waals surface area contributed by atoms with Crippen LogP contribution in [0.2, 0.25) is 0 Å². The third-order valence-corrected chi connectivity index (χ3v) is 3.75. The van der Waals surface area contributed by atoms with Crippen LogP contribution in [0.5, 0.6) is 0 Å². The van der Waals surface area contributed by atoms with Crippen molar-refractivity contribution >= 4 is 11.0 Å². The van der Waals surface area contributed by atoms with Crippen molar-refractivity contribution in [2.75, 3.05) is 6.54 Å². The van der Waals surface area contributed by atoms with Gasteiger partial charge in [-0.2, -0.15) is 0 Å². The molecule has 0 saturated heterocycles. The zero-order valence-corrected chi connectivity index (χ0v) is 12.4. The molecule has 1 atom stereocenters. The van der Waals surface area contributed by atoms with Crippen LogP contribution in [0.1, 0.15) is 32.4 Å². The molecule has 4 nitrogen and oxygen atoms in total. The minimum absolute atomic E-state index is 0.0247. The van der Waals surface area contributed by atoms with Crippen LogP contribution >= 0.6 is 0 Å². The zero-order chi connectivity index (χ0) is 14.2. The number of aryl methyl sites for hydroxylation is 2. The summed E-state index contributed by atoms with van der Waals surface area (Å²) < 4.78 is 3.40. The van der Waals surface area contributed by atoms with E-state index in [2.05, 4.69) is 38.2 Å². The molecule has 0 saturated carbocycles. The van der Waals surface area contributed by atoms with E-state index >= 15 is 0 Å². The Balaban J connectivity index is 2.57. The topological polar surface area (TPSA) is 39.0 Å². The highest BCUT2D eigenvalue weighted by Crippen LogP contribution is 2.24. The third kappa shape index (κ3) is 2.32. The van der Waals surface area contributed by atoms with E-state index in [0.717, 1.165) is 17.6 Å². The molecule has 0 aliphatic carbocycles. The summed E-state index contributed by atoms with van der Waals surface area (Å²) in [6.07, 6.45) is 0. The SMILES string of the molecule is CCNC(c1ccc2c(c1)n(C)c(=O)n2C)C(C)C. The molecule has 0 radical (unpaired) electrons. The van der Waals surface area contributed by atoms with E-state index in [-0.39, 0.29) is 5.69 Å². The second kappa shape index (κ2) is 5.21. The van der Waals surface area contributed by atoms with Crippen molar-refractivity contribution in [2.24, 2.45) is 20.0 Å². The summed E-state index contributed by atoms with van der Waals surface area (Å²) in [4.78, 5) is 11.9. The van der Waals surface area contributed by atoms with Gasteiger partial charge in [-0.15, -0.1) is 0 Å². The number of nitrogens with one attached hydrogen (secondary N) is 1. The second-order valence-corrected chi connectivity index (χ2v) is 5.43. The van der Waals surface area contributed by atoms with Crippen LogP contribution in [0.3, 0.4) is 0 Å². The molecule has 104 valence electrons. The largest absolute Gasteiger partial charge is 0.328 e. The Kier molecular flexibility index (Phi) is 3.80. The quantitative estimate of drug-likeness (QED) is 0.916. The molecule has 1 heterocycles. The van der Waals surface area contributed by atoms with Gasteiger partial charge in [0, 0.05) is 20.1 Å². The Hall–Kier alpha value is -1.55. The molecule has 1 aromatic carbocycles. The lowest BCUT2D eigenvalue weighted by Crippen LogP contribution is -2.25. The predicted molar refractivity (Wildman–Crippen MR) is 79.4 cm³/mol. The van der Waals surface area contributed by atoms with Crippen LogP contribution in [0.25, 0.3) is 11.0 Å². The number of nitrogens with zero attached hydrogens (tertiary/aromatic N) is 2. The Labute approximate surface area is 114 Å². The predicted octanol–water partition coefficient (Wildman–Crippen LogP) is 2.18. The van der Waals surface area contributed by atoms with Gasteiger partial charge in [-0.25, -0.2) is 4.79 Å².